The summed E-state index contributed by atoms with van der Waals surface area (Å²) < 4.78 is 36.9. The van der Waals surface area contributed by atoms with Gasteiger partial charge in [-0.15, -0.1) is 12.4 Å². The molecule has 0 saturated carbocycles. The Labute approximate surface area is 114 Å². The van der Waals surface area contributed by atoms with Gasteiger partial charge in [-0.1, -0.05) is 13.8 Å². The van der Waals surface area contributed by atoms with Gasteiger partial charge in [0.1, 0.15) is 6.54 Å². The first-order valence-corrected chi connectivity index (χ1v) is 5.35. The minimum atomic E-state index is -4.35. The van der Waals surface area contributed by atoms with E-state index in [2.05, 4.69) is 10.4 Å². The highest BCUT2D eigenvalue weighted by molar-refractivity contribution is 5.93. The molecule has 0 unspecified atom stereocenters. The summed E-state index contributed by atoms with van der Waals surface area (Å²) in [5, 5.41) is 5.95. The van der Waals surface area contributed by atoms with E-state index in [1.807, 2.05) is 0 Å². The molecule has 0 bridgehead atoms. The predicted molar refractivity (Wildman–Crippen MR) is 67.0 cm³/mol. The number of anilines is 1. The Morgan fingerprint density at radius 3 is 2.58 bits per heavy atom. The number of nitrogens with two attached hydrogens (primary N) is 1. The second-order valence-corrected chi connectivity index (χ2v) is 4.27. The van der Waals surface area contributed by atoms with Crippen molar-refractivity contribution in [1.82, 2.24) is 9.78 Å². The number of amides is 1. The molecule has 110 valence electrons. The summed E-state index contributed by atoms with van der Waals surface area (Å²) in [7, 11) is 0. The SMILES string of the molecule is CC(C)[C@H](N)C(=O)Nc1ccn(CC(F)(F)F)n1.Cl. The largest absolute Gasteiger partial charge is 0.408 e. The molecule has 1 aromatic heterocycles. The van der Waals surface area contributed by atoms with E-state index in [0.717, 1.165) is 6.20 Å². The number of alkyl halides is 3. The summed E-state index contributed by atoms with van der Waals surface area (Å²) in [6.07, 6.45) is -3.20. The number of hydrogen-bond donors (Lipinski definition) is 2. The lowest BCUT2D eigenvalue weighted by atomic mass is 10.1. The molecular weight excluding hydrogens is 285 g/mol. The Bertz CT molecular complexity index is 419. The minimum Gasteiger partial charge on any atom is -0.320 e. The summed E-state index contributed by atoms with van der Waals surface area (Å²) in [6.45, 7) is 2.35. The van der Waals surface area contributed by atoms with Crippen LogP contribution in [-0.2, 0) is 11.3 Å². The van der Waals surface area contributed by atoms with Gasteiger partial charge in [0.25, 0.3) is 0 Å². The fourth-order valence-electron chi connectivity index (χ4n) is 1.21. The molecule has 1 heterocycles. The molecule has 0 aromatic carbocycles. The van der Waals surface area contributed by atoms with Gasteiger partial charge in [0.15, 0.2) is 5.82 Å². The van der Waals surface area contributed by atoms with Gasteiger partial charge < -0.3 is 11.1 Å². The highest BCUT2D eigenvalue weighted by atomic mass is 35.5. The molecule has 5 nitrogen and oxygen atoms in total. The molecule has 1 aromatic rings. The van der Waals surface area contributed by atoms with Crippen molar-refractivity contribution in [2.24, 2.45) is 11.7 Å². The Kier molecular flexibility index (Phi) is 6.31. The van der Waals surface area contributed by atoms with Crippen molar-refractivity contribution in [3.05, 3.63) is 12.3 Å². The third-order valence-corrected chi connectivity index (χ3v) is 2.25. The lowest BCUT2D eigenvalue weighted by molar-refractivity contribution is -0.142. The van der Waals surface area contributed by atoms with E-state index >= 15 is 0 Å². The minimum absolute atomic E-state index is 0. The fourth-order valence-corrected chi connectivity index (χ4v) is 1.21. The first kappa shape index (κ1) is 17.7. The van der Waals surface area contributed by atoms with Gasteiger partial charge in [-0.2, -0.15) is 18.3 Å². The molecular formula is C10H16ClF3N4O. The van der Waals surface area contributed by atoms with E-state index in [1.165, 1.54) is 6.07 Å². The van der Waals surface area contributed by atoms with Crippen molar-refractivity contribution in [3.63, 3.8) is 0 Å². The number of carbonyl (C=O) groups is 1. The van der Waals surface area contributed by atoms with E-state index in [4.69, 9.17) is 5.73 Å². The topological polar surface area (TPSA) is 72.9 Å². The van der Waals surface area contributed by atoms with Crippen molar-refractivity contribution in [2.45, 2.75) is 32.6 Å². The number of nitrogens with zero attached hydrogens (tertiary/aromatic N) is 2. The molecule has 9 heteroatoms. The summed E-state index contributed by atoms with van der Waals surface area (Å²) in [6, 6.07) is 0.564. The molecule has 1 rings (SSSR count). The molecule has 0 radical (unpaired) electrons. The van der Waals surface area contributed by atoms with Crippen molar-refractivity contribution in [3.8, 4) is 0 Å². The van der Waals surface area contributed by atoms with Crippen LogP contribution in [0.25, 0.3) is 0 Å². The zero-order chi connectivity index (χ0) is 13.9. The van der Waals surface area contributed by atoms with Gasteiger partial charge in [-0.05, 0) is 5.92 Å². The molecule has 0 fully saturated rings. The lowest BCUT2D eigenvalue weighted by Crippen LogP contribution is -2.39. The standard InChI is InChI=1S/C10H15F3N4O.ClH/c1-6(2)8(14)9(18)15-7-3-4-17(16-7)5-10(11,12)13;/h3-4,6,8H,5,14H2,1-2H3,(H,15,16,18);1H/t8-;/m0./s1. The Morgan fingerprint density at radius 2 is 2.11 bits per heavy atom. The number of halogens is 4. The monoisotopic (exact) mass is 300 g/mol. The van der Waals surface area contributed by atoms with Gasteiger partial charge in [-0.25, -0.2) is 0 Å². The van der Waals surface area contributed by atoms with Crippen molar-refractivity contribution < 1.29 is 18.0 Å². The predicted octanol–water partition coefficient (Wildman–Crippen LogP) is 1.79. The van der Waals surface area contributed by atoms with E-state index < -0.39 is 24.7 Å². The number of rotatable bonds is 4. The van der Waals surface area contributed by atoms with Crippen LogP contribution in [0.3, 0.4) is 0 Å². The normalized spacial score (nSPS) is 13.0. The van der Waals surface area contributed by atoms with Crippen LogP contribution in [0.2, 0.25) is 0 Å². The Hall–Kier alpha value is -1.28. The summed E-state index contributed by atoms with van der Waals surface area (Å²) in [5.41, 5.74) is 5.59. The molecule has 0 saturated heterocycles. The number of nitrogens with one attached hydrogen (secondary N) is 1. The van der Waals surface area contributed by atoms with Crippen LogP contribution in [0.1, 0.15) is 13.8 Å². The molecule has 19 heavy (non-hydrogen) atoms. The Morgan fingerprint density at radius 1 is 1.53 bits per heavy atom. The maximum atomic E-state index is 12.1. The summed E-state index contributed by atoms with van der Waals surface area (Å²) in [5.74, 6) is -0.482. The van der Waals surface area contributed by atoms with Crippen LogP contribution < -0.4 is 11.1 Å². The number of carbonyl (C=O) groups excluding carboxylic acids is 1. The van der Waals surface area contributed by atoms with Gasteiger partial charge in [0, 0.05) is 12.3 Å². The molecule has 0 aliphatic heterocycles. The maximum Gasteiger partial charge on any atom is 0.408 e. The van der Waals surface area contributed by atoms with Crippen LogP contribution in [0, 0.1) is 5.92 Å². The van der Waals surface area contributed by atoms with Crippen LogP contribution in [0.15, 0.2) is 12.3 Å². The Balaban J connectivity index is 0.00000324. The average molecular weight is 301 g/mol. The second kappa shape index (κ2) is 6.76. The van der Waals surface area contributed by atoms with Gasteiger partial charge in [0.2, 0.25) is 5.91 Å². The molecule has 1 atom stereocenters. The van der Waals surface area contributed by atoms with E-state index in [1.54, 1.807) is 13.8 Å². The first-order chi connectivity index (χ1) is 8.19. The summed E-state index contributed by atoms with van der Waals surface area (Å²) >= 11 is 0. The average Bonchev–Trinajstić information content (AvgIpc) is 2.61. The maximum absolute atomic E-state index is 12.1. The second-order valence-electron chi connectivity index (χ2n) is 4.27. The summed E-state index contributed by atoms with van der Waals surface area (Å²) in [4.78, 5) is 11.5. The quantitative estimate of drug-likeness (QED) is 0.890. The van der Waals surface area contributed by atoms with Crippen molar-refractivity contribution in [1.29, 1.82) is 0 Å². The molecule has 0 aliphatic carbocycles. The number of aromatic nitrogens is 2. The third-order valence-electron chi connectivity index (χ3n) is 2.25. The smallest absolute Gasteiger partial charge is 0.320 e. The zero-order valence-electron chi connectivity index (χ0n) is 10.4. The van der Waals surface area contributed by atoms with Crippen LogP contribution in [0.4, 0.5) is 19.0 Å². The highest BCUT2D eigenvalue weighted by Gasteiger charge is 2.28. The van der Waals surface area contributed by atoms with Gasteiger partial charge in [-0.3, -0.25) is 9.48 Å². The highest BCUT2D eigenvalue weighted by Crippen LogP contribution is 2.17. The van der Waals surface area contributed by atoms with Crippen LogP contribution >= 0.6 is 12.4 Å². The molecule has 1 amide bonds. The molecule has 3 N–H and O–H groups in total. The van der Waals surface area contributed by atoms with Gasteiger partial charge in [0.05, 0.1) is 6.04 Å². The van der Waals surface area contributed by atoms with E-state index in [9.17, 15) is 18.0 Å². The van der Waals surface area contributed by atoms with Crippen molar-refractivity contribution >= 4 is 24.1 Å². The lowest BCUT2D eigenvalue weighted by Gasteiger charge is -2.13. The molecule has 0 aliphatic rings. The zero-order valence-corrected chi connectivity index (χ0v) is 11.3. The number of hydrogen-bond acceptors (Lipinski definition) is 3. The van der Waals surface area contributed by atoms with Crippen LogP contribution in [0.5, 0.6) is 0 Å². The van der Waals surface area contributed by atoms with Crippen LogP contribution in [-0.4, -0.2) is 27.9 Å². The van der Waals surface area contributed by atoms with Crippen molar-refractivity contribution in [2.75, 3.05) is 5.32 Å². The molecule has 0 spiro atoms. The van der Waals surface area contributed by atoms with E-state index in [0.29, 0.717) is 4.68 Å². The third kappa shape index (κ3) is 5.93. The first-order valence-electron chi connectivity index (χ1n) is 5.35. The fraction of sp³-hybridized carbons (Fsp3) is 0.600. The van der Waals surface area contributed by atoms with Gasteiger partial charge >= 0.3 is 6.18 Å². The van der Waals surface area contributed by atoms with E-state index in [-0.39, 0.29) is 24.1 Å².